The topological polar surface area (TPSA) is 49.3 Å². The Hall–Kier alpha value is -2.43. The highest BCUT2D eigenvalue weighted by Crippen LogP contribution is 2.25. The van der Waals surface area contributed by atoms with Crippen molar-refractivity contribution in [1.82, 2.24) is 14.9 Å². The standard InChI is InChI=1S/C20H26N4O/c1-4-19(25)23-10-12-24(13-11-23)20-18(15(2)21-16(3)22-20)14-17-8-6-5-7-9-17/h5-9H,4,10-14H2,1-3H3. The van der Waals surface area contributed by atoms with Gasteiger partial charge in [0.15, 0.2) is 0 Å². The summed E-state index contributed by atoms with van der Waals surface area (Å²) in [5.74, 6) is 2.06. The van der Waals surface area contributed by atoms with Crippen molar-refractivity contribution < 1.29 is 4.79 Å². The van der Waals surface area contributed by atoms with Gasteiger partial charge in [-0.15, -0.1) is 0 Å². The number of benzene rings is 1. The number of piperazine rings is 1. The second-order valence-corrected chi connectivity index (χ2v) is 6.54. The lowest BCUT2D eigenvalue weighted by molar-refractivity contribution is -0.131. The Morgan fingerprint density at radius 2 is 1.72 bits per heavy atom. The van der Waals surface area contributed by atoms with Crippen LogP contribution in [-0.2, 0) is 11.2 Å². The molecule has 1 aliphatic rings. The first-order chi connectivity index (χ1) is 12.1. The van der Waals surface area contributed by atoms with Gasteiger partial charge in [-0.3, -0.25) is 4.79 Å². The molecule has 1 aromatic carbocycles. The molecule has 1 saturated heterocycles. The van der Waals surface area contributed by atoms with Crippen LogP contribution in [0.1, 0.15) is 36.0 Å². The molecule has 132 valence electrons. The fourth-order valence-electron chi connectivity index (χ4n) is 3.38. The minimum Gasteiger partial charge on any atom is -0.353 e. The zero-order chi connectivity index (χ0) is 17.8. The molecular weight excluding hydrogens is 312 g/mol. The van der Waals surface area contributed by atoms with E-state index in [1.54, 1.807) is 0 Å². The third-order valence-electron chi connectivity index (χ3n) is 4.76. The molecule has 3 rings (SSSR count). The normalized spacial score (nSPS) is 14.7. The lowest BCUT2D eigenvalue weighted by Crippen LogP contribution is -2.49. The van der Waals surface area contributed by atoms with Gasteiger partial charge in [-0.05, 0) is 19.4 Å². The van der Waals surface area contributed by atoms with Crippen molar-refractivity contribution in [2.24, 2.45) is 0 Å². The van der Waals surface area contributed by atoms with E-state index in [1.807, 2.05) is 24.8 Å². The second-order valence-electron chi connectivity index (χ2n) is 6.54. The molecule has 0 N–H and O–H groups in total. The third kappa shape index (κ3) is 3.98. The van der Waals surface area contributed by atoms with E-state index in [9.17, 15) is 4.79 Å². The van der Waals surface area contributed by atoms with E-state index in [2.05, 4.69) is 41.1 Å². The van der Waals surface area contributed by atoms with Gasteiger partial charge < -0.3 is 9.80 Å². The lowest BCUT2D eigenvalue weighted by atomic mass is 10.0. The summed E-state index contributed by atoms with van der Waals surface area (Å²) in [6.07, 6.45) is 1.40. The summed E-state index contributed by atoms with van der Waals surface area (Å²) in [6, 6.07) is 10.4. The molecule has 2 heterocycles. The number of aromatic nitrogens is 2. The number of nitrogens with zero attached hydrogens (tertiary/aromatic N) is 4. The van der Waals surface area contributed by atoms with Gasteiger partial charge in [0, 0.05) is 50.3 Å². The van der Waals surface area contributed by atoms with E-state index < -0.39 is 0 Å². The van der Waals surface area contributed by atoms with Gasteiger partial charge in [0.2, 0.25) is 5.91 Å². The zero-order valence-electron chi connectivity index (χ0n) is 15.3. The average Bonchev–Trinajstić information content (AvgIpc) is 2.64. The number of hydrogen-bond acceptors (Lipinski definition) is 4. The molecule has 0 spiro atoms. The van der Waals surface area contributed by atoms with Crippen molar-refractivity contribution in [3.63, 3.8) is 0 Å². The van der Waals surface area contributed by atoms with Gasteiger partial charge in [-0.2, -0.15) is 0 Å². The van der Waals surface area contributed by atoms with Crippen molar-refractivity contribution in [3.05, 3.63) is 53.0 Å². The third-order valence-corrected chi connectivity index (χ3v) is 4.76. The fourth-order valence-corrected chi connectivity index (χ4v) is 3.38. The highest BCUT2D eigenvalue weighted by Gasteiger charge is 2.24. The van der Waals surface area contributed by atoms with Crippen LogP contribution in [-0.4, -0.2) is 47.0 Å². The van der Waals surface area contributed by atoms with Crippen LogP contribution in [0.15, 0.2) is 30.3 Å². The molecule has 25 heavy (non-hydrogen) atoms. The van der Waals surface area contributed by atoms with Gasteiger partial charge >= 0.3 is 0 Å². The number of carbonyl (C=O) groups is 1. The highest BCUT2D eigenvalue weighted by molar-refractivity contribution is 5.76. The van der Waals surface area contributed by atoms with Crippen LogP contribution in [0, 0.1) is 13.8 Å². The number of hydrogen-bond donors (Lipinski definition) is 0. The lowest BCUT2D eigenvalue weighted by Gasteiger charge is -2.36. The number of anilines is 1. The van der Waals surface area contributed by atoms with Crippen molar-refractivity contribution in [3.8, 4) is 0 Å². The molecule has 2 aromatic rings. The predicted octanol–water partition coefficient (Wildman–Crippen LogP) is 2.74. The predicted molar refractivity (Wildman–Crippen MR) is 99.8 cm³/mol. The van der Waals surface area contributed by atoms with Crippen molar-refractivity contribution >= 4 is 11.7 Å². The van der Waals surface area contributed by atoms with Gasteiger partial charge in [0.1, 0.15) is 11.6 Å². The summed E-state index contributed by atoms with van der Waals surface area (Å²) in [6.45, 7) is 9.10. The number of amides is 1. The number of carbonyl (C=O) groups excluding carboxylic acids is 1. The van der Waals surface area contributed by atoms with E-state index in [1.165, 1.54) is 11.1 Å². The largest absolute Gasteiger partial charge is 0.353 e. The molecule has 1 aliphatic heterocycles. The first kappa shape index (κ1) is 17.4. The fraction of sp³-hybridized carbons (Fsp3) is 0.450. The van der Waals surface area contributed by atoms with Crippen LogP contribution in [0.25, 0.3) is 0 Å². The molecule has 0 unspecified atom stereocenters. The van der Waals surface area contributed by atoms with Gasteiger partial charge in [-0.1, -0.05) is 37.3 Å². The smallest absolute Gasteiger partial charge is 0.222 e. The Kier molecular flexibility index (Phi) is 5.31. The van der Waals surface area contributed by atoms with E-state index in [0.29, 0.717) is 6.42 Å². The minimum absolute atomic E-state index is 0.235. The Bertz CT molecular complexity index is 737. The number of aryl methyl sites for hydroxylation is 2. The van der Waals surface area contributed by atoms with Crippen molar-refractivity contribution in [2.75, 3.05) is 31.1 Å². The van der Waals surface area contributed by atoms with Crippen LogP contribution in [0.3, 0.4) is 0 Å². The molecular formula is C20H26N4O. The van der Waals surface area contributed by atoms with E-state index in [-0.39, 0.29) is 5.91 Å². The number of rotatable bonds is 4. The minimum atomic E-state index is 0.235. The van der Waals surface area contributed by atoms with E-state index in [4.69, 9.17) is 4.98 Å². The Labute approximate surface area is 149 Å². The molecule has 0 aliphatic carbocycles. The van der Waals surface area contributed by atoms with Crippen LogP contribution < -0.4 is 4.90 Å². The Balaban J connectivity index is 1.85. The van der Waals surface area contributed by atoms with E-state index in [0.717, 1.165) is 49.9 Å². The van der Waals surface area contributed by atoms with Gasteiger partial charge in [0.05, 0.1) is 0 Å². The molecule has 0 atom stereocenters. The summed E-state index contributed by atoms with van der Waals surface area (Å²) in [4.78, 5) is 25.5. The molecule has 0 bridgehead atoms. The Morgan fingerprint density at radius 3 is 2.36 bits per heavy atom. The molecule has 1 amide bonds. The average molecular weight is 338 g/mol. The summed E-state index contributed by atoms with van der Waals surface area (Å²) >= 11 is 0. The summed E-state index contributed by atoms with van der Waals surface area (Å²) in [5, 5.41) is 0. The molecule has 1 fully saturated rings. The zero-order valence-corrected chi connectivity index (χ0v) is 15.3. The van der Waals surface area contributed by atoms with Gasteiger partial charge in [0.25, 0.3) is 0 Å². The SMILES string of the molecule is CCC(=O)N1CCN(c2nc(C)nc(C)c2Cc2ccccc2)CC1. The van der Waals surface area contributed by atoms with Gasteiger partial charge in [-0.25, -0.2) is 9.97 Å². The second kappa shape index (κ2) is 7.64. The first-order valence-electron chi connectivity index (χ1n) is 8.99. The molecule has 1 aromatic heterocycles. The maximum absolute atomic E-state index is 11.9. The first-order valence-corrected chi connectivity index (χ1v) is 8.99. The Morgan fingerprint density at radius 1 is 1.04 bits per heavy atom. The van der Waals surface area contributed by atoms with Crippen molar-refractivity contribution in [2.45, 2.75) is 33.6 Å². The van der Waals surface area contributed by atoms with Crippen LogP contribution in [0.5, 0.6) is 0 Å². The van der Waals surface area contributed by atoms with Crippen molar-refractivity contribution in [1.29, 1.82) is 0 Å². The van der Waals surface area contributed by atoms with Crippen LogP contribution >= 0.6 is 0 Å². The summed E-state index contributed by atoms with van der Waals surface area (Å²) in [5.41, 5.74) is 3.49. The highest BCUT2D eigenvalue weighted by atomic mass is 16.2. The summed E-state index contributed by atoms with van der Waals surface area (Å²) in [7, 11) is 0. The quantitative estimate of drug-likeness (QED) is 0.860. The molecule has 5 nitrogen and oxygen atoms in total. The van der Waals surface area contributed by atoms with E-state index >= 15 is 0 Å². The molecule has 0 saturated carbocycles. The van der Waals surface area contributed by atoms with Crippen LogP contribution in [0.2, 0.25) is 0 Å². The maximum Gasteiger partial charge on any atom is 0.222 e. The summed E-state index contributed by atoms with van der Waals surface area (Å²) < 4.78 is 0. The molecule has 0 radical (unpaired) electrons. The van der Waals surface area contributed by atoms with Crippen LogP contribution in [0.4, 0.5) is 5.82 Å². The molecule has 5 heteroatoms. The monoisotopic (exact) mass is 338 g/mol. The maximum atomic E-state index is 11.9.